The number of carbonyl (C=O) groups is 2. The van der Waals surface area contributed by atoms with Gasteiger partial charge in [-0.15, -0.1) is 11.8 Å². The number of hydrogen-bond acceptors (Lipinski definition) is 3. The molecule has 0 saturated carbocycles. The van der Waals surface area contributed by atoms with Crippen molar-refractivity contribution in [2.45, 2.75) is 6.04 Å². The van der Waals surface area contributed by atoms with Crippen LogP contribution in [0, 0.1) is 5.82 Å². The van der Waals surface area contributed by atoms with Gasteiger partial charge in [-0.05, 0) is 34.1 Å². The Morgan fingerprint density at radius 1 is 1.53 bits per heavy atom. The fourth-order valence-electron chi connectivity index (χ4n) is 1.62. The number of thioether (sulfide) groups is 1. The first kappa shape index (κ1) is 14.1. The second-order valence-corrected chi connectivity index (χ2v) is 5.74. The van der Waals surface area contributed by atoms with Crippen molar-refractivity contribution in [3.05, 3.63) is 28.5 Å². The minimum Gasteiger partial charge on any atom is -0.480 e. The Kier molecular flexibility index (Phi) is 4.31. The third-order valence-corrected chi connectivity index (χ3v) is 4.22. The molecule has 1 aromatic rings. The van der Waals surface area contributed by atoms with Gasteiger partial charge in [-0.2, -0.15) is 0 Å². The molecule has 19 heavy (non-hydrogen) atoms. The zero-order valence-corrected chi connectivity index (χ0v) is 12.0. The van der Waals surface area contributed by atoms with Crippen molar-refractivity contribution < 1.29 is 19.1 Å². The Hall–Kier alpha value is -1.28. The molecule has 8 heteroatoms. The predicted octanol–water partition coefficient (Wildman–Crippen LogP) is 2.58. The first-order chi connectivity index (χ1) is 8.99. The zero-order chi connectivity index (χ0) is 14.0. The molecule has 0 aromatic heterocycles. The maximum absolute atomic E-state index is 13.1. The first-order valence-electron chi connectivity index (χ1n) is 5.32. The molecule has 1 atom stereocenters. The number of carboxylic acids is 1. The van der Waals surface area contributed by atoms with Gasteiger partial charge in [0.15, 0.2) is 0 Å². The van der Waals surface area contributed by atoms with Gasteiger partial charge in [-0.3, -0.25) is 0 Å². The van der Waals surface area contributed by atoms with E-state index in [0.29, 0.717) is 17.3 Å². The number of halogens is 2. The monoisotopic (exact) mass is 348 g/mol. The fraction of sp³-hybridized carbons (Fsp3) is 0.273. The first-order valence-corrected chi connectivity index (χ1v) is 7.27. The summed E-state index contributed by atoms with van der Waals surface area (Å²) in [5.74, 6) is -0.764. The van der Waals surface area contributed by atoms with Crippen molar-refractivity contribution in [3.63, 3.8) is 0 Å². The largest absolute Gasteiger partial charge is 0.480 e. The van der Waals surface area contributed by atoms with Crippen LogP contribution in [-0.4, -0.2) is 39.7 Å². The summed E-state index contributed by atoms with van der Waals surface area (Å²) in [6, 6.07) is 2.72. The smallest absolute Gasteiger partial charge is 0.327 e. The van der Waals surface area contributed by atoms with Crippen LogP contribution in [0.25, 0.3) is 0 Å². The SMILES string of the molecule is O=C(O)[C@@H]1CSCN1C(=O)Nc1ccc(F)c(Br)c1. The van der Waals surface area contributed by atoms with Gasteiger partial charge < -0.3 is 15.3 Å². The molecule has 0 aliphatic carbocycles. The lowest BCUT2D eigenvalue weighted by molar-refractivity contribution is -0.140. The van der Waals surface area contributed by atoms with E-state index >= 15 is 0 Å². The molecule has 1 aliphatic heterocycles. The predicted molar refractivity (Wildman–Crippen MR) is 73.7 cm³/mol. The third-order valence-electron chi connectivity index (χ3n) is 2.60. The second-order valence-electron chi connectivity index (χ2n) is 3.88. The number of nitrogens with zero attached hydrogens (tertiary/aromatic N) is 1. The van der Waals surface area contributed by atoms with Crippen molar-refractivity contribution in [2.24, 2.45) is 0 Å². The van der Waals surface area contributed by atoms with Crippen molar-refractivity contribution in [3.8, 4) is 0 Å². The lowest BCUT2D eigenvalue weighted by Gasteiger charge is -2.20. The normalized spacial score (nSPS) is 18.4. The summed E-state index contributed by atoms with van der Waals surface area (Å²) in [4.78, 5) is 24.2. The van der Waals surface area contributed by atoms with Crippen molar-refractivity contribution in [1.29, 1.82) is 0 Å². The van der Waals surface area contributed by atoms with E-state index in [1.165, 1.54) is 34.9 Å². The van der Waals surface area contributed by atoms with Crippen molar-refractivity contribution in [2.75, 3.05) is 16.9 Å². The van der Waals surface area contributed by atoms with Gasteiger partial charge in [-0.25, -0.2) is 14.0 Å². The number of amides is 2. The molecule has 1 heterocycles. The number of rotatable bonds is 2. The maximum atomic E-state index is 13.1. The second kappa shape index (κ2) is 5.79. The number of carboxylic acid groups (broad SMARTS) is 1. The Morgan fingerprint density at radius 2 is 2.26 bits per heavy atom. The van der Waals surface area contributed by atoms with Gasteiger partial charge in [-0.1, -0.05) is 0 Å². The minimum atomic E-state index is -1.03. The molecular formula is C11H10BrFN2O3S. The lowest BCUT2D eigenvalue weighted by Crippen LogP contribution is -2.43. The van der Waals surface area contributed by atoms with Crippen LogP contribution >= 0.6 is 27.7 Å². The van der Waals surface area contributed by atoms with Crippen molar-refractivity contribution >= 4 is 45.4 Å². The molecule has 2 N–H and O–H groups in total. The molecule has 2 rings (SSSR count). The number of nitrogens with one attached hydrogen (secondary N) is 1. The molecule has 1 saturated heterocycles. The standard InChI is InChI=1S/C11H10BrFN2O3S/c12-7-3-6(1-2-8(7)13)14-11(18)15-5-19-4-9(15)10(16)17/h1-3,9H,4-5H2,(H,14,18)(H,16,17)/t9-/m0/s1. The molecular weight excluding hydrogens is 339 g/mol. The minimum absolute atomic E-state index is 0.232. The highest BCUT2D eigenvalue weighted by atomic mass is 79.9. The topological polar surface area (TPSA) is 69.6 Å². The van der Waals surface area contributed by atoms with Crippen LogP contribution in [0.2, 0.25) is 0 Å². The summed E-state index contributed by atoms with van der Waals surface area (Å²) in [5.41, 5.74) is 0.402. The van der Waals surface area contributed by atoms with E-state index in [9.17, 15) is 14.0 Å². The average Bonchev–Trinajstić information content (AvgIpc) is 2.83. The van der Waals surface area contributed by atoms with Crippen LogP contribution in [0.5, 0.6) is 0 Å². The van der Waals surface area contributed by atoms with Gasteiger partial charge in [0.25, 0.3) is 0 Å². The summed E-state index contributed by atoms with van der Waals surface area (Å²) in [5, 5.41) is 11.5. The molecule has 0 unspecified atom stereocenters. The Balaban J connectivity index is 2.08. The molecule has 0 radical (unpaired) electrons. The van der Waals surface area contributed by atoms with Crippen LogP contribution in [-0.2, 0) is 4.79 Å². The Labute approximate surface area is 121 Å². The lowest BCUT2D eigenvalue weighted by atomic mass is 10.3. The molecule has 5 nitrogen and oxygen atoms in total. The van der Waals surface area contributed by atoms with Crippen LogP contribution in [0.1, 0.15) is 0 Å². The number of carbonyl (C=O) groups excluding carboxylic acids is 1. The fourth-order valence-corrected chi connectivity index (χ4v) is 3.14. The number of anilines is 1. The molecule has 1 fully saturated rings. The highest BCUT2D eigenvalue weighted by Crippen LogP contribution is 2.24. The van der Waals surface area contributed by atoms with E-state index in [1.807, 2.05) is 0 Å². The van der Waals surface area contributed by atoms with Gasteiger partial charge in [0.2, 0.25) is 0 Å². The summed E-state index contributed by atoms with van der Waals surface area (Å²) in [7, 11) is 0. The quantitative estimate of drug-likeness (QED) is 0.861. The number of hydrogen-bond donors (Lipinski definition) is 2. The molecule has 1 aromatic carbocycles. The van der Waals surface area contributed by atoms with E-state index in [0.717, 1.165) is 0 Å². The Bertz CT molecular complexity index is 529. The van der Waals surface area contributed by atoms with E-state index in [1.54, 1.807) is 0 Å². The van der Waals surface area contributed by atoms with Gasteiger partial charge in [0.05, 0.1) is 10.3 Å². The summed E-state index contributed by atoms with van der Waals surface area (Å²) in [6.07, 6.45) is 0. The summed E-state index contributed by atoms with van der Waals surface area (Å²) < 4.78 is 13.3. The van der Waals surface area contributed by atoms with Gasteiger partial charge in [0.1, 0.15) is 11.9 Å². The van der Waals surface area contributed by atoms with Crippen molar-refractivity contribution in [1.82, 2.24) is 4.90 Å². The summed E-state index contributed by atoms with van der Waals surface area (Å²) in [6.45, 7) is 0. The number of aliphatic carboxylic acids is 1. The van der Waals surface area contributed by atoms with Crippen LogP contribution in [0.3, 0.4) is 0 Å². The van der Waals surface area contributed by atoms with E-state index in [4.69, 9.17) is 5.11 Å². The van der Waals surface area contributed by atoms with E-state index in [-0.39, 0.29) is 4.47 Å². The average molecular weight is 349 g/mol. The molecule has 0 spiro atoms. The van der Waals surface area contributed by atoms with Gasteiger partial charge >= 0.3 is 12.0 Å². The maximum Gasteiger partial charge on any atom is 0.327 e. The molecule has 2 amide bonds. The van der Waals surface area contributed by atoms with Crippen LogP contribution < -0.4 is 5.32 Å². The zero-order valence-electron chi connectivity index (χ0n) is 9.60. The number of urea groups is 1. The highest BCUT2D eigenvalue weighted by molar-refractivity contribution is 9.10. The Morgan fingerprint density at radius 3 is 2.89 bits per heavy atom. The van der Waals surface area contributed by atoms with Crippen LogP contribution in [0.4, 0.5) is 14.9 Å². The molecule has 1 aliphatic rings. The third kappa shape index (κ3) is 3.19. The summed E-state index contributed by atoms with van der Waals surface area (Å²) >= 11 is 4.39. The number of benzene rings is 1. The van der Waals surface area contributed by atoms with Gasteiger partial charge in [0, 0.05) is 11.4 Å². The van der Waals surface area contributed by atoms with E-state index < -0.39 is 23.9 Å². The van der Waals surface area contributed by atoms with E-state index in [2.05, 4.69) is 21.2 Å². The molecule has 102 valence electrons. The molecule has 0 bridgehead atoms. The highest BCUT2D eigenvalue weighted by Gasteiger charge is 2.34. The van der Waals surface area contributed by atoms with Crippen LogP contribution in [0.15, 0.2) is 22.7 Å².